The van der Waals surface area contributed by atoms with Crippen molar-refractivity contribution in [1.29, 1.82) is 0 Å². The molecule has 1 rings (SSSR count). The van der Waals surface area contributed by atoms with Gasteiger partial charge in [0.05, 0.1) is 6.42 Å². The first-order chi connectivity index (χ1) is 6.31. The van der Waals surface area contributed by atoms with Gasteiger partial charge < -0.3 is 4.74 Å². The number of hydrogen-bond donors (Lipinski definition) is 0. The Labute approximate surface area is 79.8 Å². The molecule has 0 spiro atoms. The van der Waals surface area contributed by atoms with Crippen molar-refractivity contribution in [2.24, 2.45) is 0 Å². The molecule has 0 saturated carbocycles. The molecule has 0 aromatic rings. The minimum absolute atomic E-state index is 0.276. The maximum Gasteiger partial charge on any atom is 0.304 e. The van der Waals surface area contributed by atoms with E-state index in [1.165, 1.54) is 6.08 Å². The lowest BCUT2D eigenvalue weighted by atomic mass is 9.81. The van der Waals surface area contributed by atoms with Gasteiger partial charge in [-0.2, -0.15) is 8.78 Å². The van der Waals surface area contributed by atoms with E-state index in [0.29, 0.717) is 0 Å². The zero-order chi connectivity index (χ0) is 11.0. The van der Waals surface area contributed by atoms with Gasteiger partial charge in [-0.1, -0.05) is 12.7 Å². The van der Waals surface area contributed by atoms with Gasteiger partial charge in [-0.15, -0.1) is 0 Å². The zero-order valence-corrected chi connectivity index (χ0v) is 7.20. The molecule has 1 atom stereocenters. The van der Waals surface area contributed by atoms with Crippen LogP contribution in [0.25, 0.3) is 0 Å². The van der Waals surface area contributed by atoms with Crippen LogP contribution in [0.15, 0.2) is 24.2 Å². The van der Waals surface area contributed by atoms with Crippen LogP contribution in [0.5, 0.6) is 0 Å². The van der Waals surface area contributed by atoms with Gasteiger partial charge in [0.1, 0.15) is 20.0 Å². The second-order valence-electron chi connectivity index (χ2n) is 2.99. The first-order valence-electron chi connectivity index (χ1n) is 3.81. The lowest BCUT2D eigenvalue weighted by Crippen LogP contribution is -2.27. The molecular formula is C8H7BF4O. The molecule has 1 aliphatic carbocycles. The summed E-state index contributed by atoms with van der Waals surface area (Å²) in [5.74, 6) is -6.97. The first-order valence-corrected chi connectivity index (χ1v) is 3.81. The Hall–Kier alpha value is -0.935. The fourth-order valence-corrected chi connectivity index (χ4v) is 1.16. The molecule has 0 aromatic carbocycles. The van der Waals surface area contributed by atoms with Crippen LogP contribution in [0.4, 0.5) is 17.6 Å². The van der Waals surface area contributed by atoms with Crippen molar-refractivity contribution in [3.8, 4) is 0 Å². The SMILES string of the molecule is [B]C1(F)CC(F)(F)C(F)=C1OCC=C. The highest BCUT2D eigenvalue weighted by atomic mass is 19.3. The van der Waals surface area contributed by atoms with E-state index in [1.54, 1.807) is 0 Å². The molecule has 2 radical (unpaired) electrons. The van der Waals surface area contributed by atoms with Crippen molar-refractivity contribution < 1.29 is 22.3 Å². The summed E-state index contributed by atoms with van der Waals surface area (Å²) in [6, 6.07) is 0. The molecule has 0 saturated heterocycles. The van der Waals surface area contributed by atoms with Crippen LogP contribution < -0.4 is 0 Å². The molecular weight excluding hydrogens is 199 g/mol. The Kier molecular flexibility index (Phi) is 2.65. The van der Waals surface area contributed by atoms with Gasteiger partial charge in [-0.25, -0.2) is 8.78 Å². The van der Waals surface area contributed by atoms with Crippen LogP contribution >= 0.6 is 0 Å². The van der Waals surface area contributed by atoms with Gasteiger partial charge in [0.15, 0.2) is 5.76 Å². The predicted octanol–water partition coefficient (Wildman–Crippen LogP) is 2.24. The summed E-state index contributed by atoms with van der Waals surface area (Å²) in [6.07, 6.45) is -0.259. The third kappa shape index (κ3) is 1.78. The van der Waals surface area contributed by atoms with Gasteiger partial charge in [0.2, 0.25) is 5.83 Å². The Morgan fingerprint density at radius 1 is 1.50 bits per heavy atom. The van der Waals surface area contributed by atoms with Gasteiger partial charge >= 0.3 is 5.92 Å². The van der Waals surface area contributed by atoms with E-state index in [4.69, 9.17) is 7.85 Å². The lowest BCUT2D eigenvalue weighted by Gasteiger charge is -2.17. The molecule has 0 bridgehead atoms. The third-order valence-electron chi connectivity index (χ3n) is 1.72. The van der Waals surface area contributed by atoms with Crippen molar-refractivity contribution in [3.05, 3.63) is 24.2 Å². The summed E-state index contributed by atoms with van der Waals surface area (Å²) < 4.78 is 55.7. The highest BCUT2D eigenvalue weighted by Gasteiger charge is 2.56. The topological polar surface area (TPSA) is 9.23 Å². The van der Waals surface area contributed by atoms with Crippen molar-refractivity contribution in [2.45, 2.75) is 17.9 Å². The minimum Gasteiger partial charge on any atom is -0.488 e. The number of alkyl halides is 3. The van der Waals surface area contributed by atoms with E-state index in [9.17, 15) is 17.6 Å². The fraction of sp³-hybridized carbons (Fsp3) is 0.500. The quantitative estimate of drug-likeness (QED) is 0.390. The maximum absolute atomic E-state index is 13.2. The highest BCUT2D eigenvalue weighted by Crippen LogP contribution is 2.47. The van der Waals surface area contributed by atoms with Crippen LogP contribution in [0.3, 0.4) is 0 Å². The number of rotatable bonds is 3. The third-order valence-corrected chi connectivity index (χ3v) is 1.72. The molecule has 0 fully saturated rings. The molecule has 0 aliphatic heterocycles. The van der Waals surface area contributed by atoms with Crippen molar-refractivity contribution >= 4 is 7.85 Å². The van der Waals surface area contributed by atoms with Crippen LogP contribution in [-0.4, -0.2) is 25.9 Å². The second-order valence-corrected chi connectivity index (χ2v) is 2.99. The zero-order valence-electron chi connectivity index (χ0n) is 7.20. The summed E-state index contributed by atoms with van der Waals surface area (Å²) in [5, 5.41) is 0. The molecule has 0 heterocycles. The normalized spacial score (nSPS) is 30.6. The van der Waals surface area contributed by atoms with E-state index in [2.05, 4.69) is 11.3 Å². The summed E-state index contributed by atoms with van der Waals surface area (Å²) in [6.45, 7) is 2.93. The van der Waals surface area contributed by atoms with E-state index < -0.39 is 29.5 Å². The number of ether oxygens (including phenoxy) is 1. The van der Waals surface area contributed by atoms with E-state index in [0.717, 1.165) is 0 Å². The van der Waals surface area contributed by atoms with Crippen LogP contribution in [0.2, 0.25) is 0 Å². The molecule has 1 unspecified atom stereocenters. The monoisotopic (exact) mass is 206 g/mol. The molecule has 0 amide bonds. The summed E-state index contributed by atoms with van der Waals surface area (Å²) >= 11 is 0. The molecule has 6 heteroatoms. The summed E-state index contributed by atoms with van der Waals surface area (Å²) in [7, 11) is 4.83. The van der Waals surface area contributed by atoms with Crippen molar-refractivity contribution in [2.75, 3.05) is 6.61 Å². The van der Waals surface area contributed by atoms with Gasteiger partial charge in [-0.05, 0) is 0 Å². The summed E-state index contributed by atoms with van der Waals surface area (Å²) in [5.41, 5.74) is -2.95. The maximum atomic E-state index is 13.2. The Balaban J connectivity index is 2.96. The standard InChI is InChI=1S/C8H7BF4O/c1-2-3-14-6-5(10)8(12,13)4-7(6,9)11/h2H,1,3-4H2. The Morgan fingerprint density at radius 2 is 2.07 bits per heavy atom. The van der Waals surface area contributed by atoms with Crippen LogP contribution in [0, 0.1) is 0 Å². The molecule has 76 valence electrons. The lowest BCUT2D eigenvalue weighted by molar-refractivity contribution is 0.00554. The van der Waals surface area contributed by atoms with Crippen molar-refractivity contribution in [3.63, 3.8) is 0 Å². The fourth-order valence-electron chi connectivity index (χ4n) is 1.16. The highest BCUT2D eigenvalue weighted by molar-refractivity contribution is 6.16. The minimum atomic E-state index is -3.89. The molecule has 1 nitrogen and oxygen atoms in total. The van der Waals surface area contributed by atoms with Gasteiger partial charge in [-0.3, -0.25) is 0 Å². The molecule has 1 aliphatic rings. The van der Waals surface area contributed by atoms with Gasteiger partial charge in [0, 0.05) is 0 Å². The van der Waals surface area contributed by atoms with E-state index in [-0.39, 0.29) is 6.61 Å². The van der Waals surface area contributed by atoms with Gasteiger partial charge in [0.25, 0.3) is 0 Å². The number of allylic oxidation sites excluding steroid dienone is 2. The largest absolute Gasteiger partial charge is 0.488 e. The average molecular weight is 206 g/mol. The van der Waals surface area contributed by atoms with E-state index in [1.807, 2.05) is 0 Å². The Bertz CT molecular complexity index is 285. The Morgan fingerprint density at radius 3 is 2.43 bits per heavy atom. The number of halogens is 4. The number of hydrogen-bond acceptors (Lipinski definition) is 1. The second kappa shape index (κ2) is 3.33. The average Bonchev–Trinajstić information content (AvgIpc) is 2.16. The first kappa shape index (κ1) is 11.1. The molecule has 0 aromatic heterocycles. The van der Waals surface area contributed by atoms with Crippen molar-refractivity contribution in [1.82, 2.24) is 0 Å². The predicted molar refractivity (Wildman–Crippen MR) is 43.4 cm³/mol. The summed E-state index contributed by atoms with van der Waals surface area (Å²) in [4.78, 5) is 0. The molecule has 14 heavy (non-hydrogen) atoms. The molecule has 0 N–H and O–H groups in total. The smallest absolute Gasteiger partial charge is 0.304 e. The van der Waals surface area contributed by atoms with Crippen LogP contribution in [0.1, 0.15) is 6.42 Å². The van der Waals surface area contributed by atoms with Crippen LogP contribution in [-0.2, 0) is 4.74 Å². The van der Waals surface area contributed by atoms with E-state index >= 15 is 0 Å².